The number of benzene rings is 1. The highest BCUT2D eigenvalue weighted by Crippen LogP contribution is 2.49. The van der Waals surface area contributed by atoms with Gasteiger partial charge < -0.3 is 14.4 Å². The van der Waals surface area contributed by atoms with Crippen LogP contribution in [-0.2, 0) is 10.2 Å². The molecule has 0 radical (unpaired) electrons. The van der Waals surface area contributed by atoms with Gasteiger partial charge in [-0.05, 0) is 62.9 Å². The molecule has 1 saturated heterocycles. The molecule has 1 aliphatic heterocycles. The number of likely N-dealkylation sites (N-methyl/N-ethyl adjacent to an activating group) is 1. The van der Waals surface area contributed by atoms with Gasteiger partial charge in [0.15, 0.2) is 11.5 Å². The molecule has 1 heterocycles. The van der Waals surface area contributed by atoms with Crippen molar-refractivity contribution >= 4 is 5.78 Å². The summed E-state index contributed by atoms with van der Waals surface area (Å²) in [5.41, 5.74) is 1.35. The Kier molecular flexibility index (Phi) is 4.78. The van der Waals surface area contributed by atoms with Gasteiger partial charge in [0.1, 0.15) is 12.4 Å². The maximum Gasteiger partial charge on any atom is 0.161 e. The van der Waals surface area contributed by atoms with Crippen LogP contribution in [-0.4, -0.2) is 43.5 Å². The highest BCUT2D eigenvalue weighted by atomic mass is 16.5. The molecule has 1 aromatic rings. The van der Waals surface area contributed by atoms with Gasteiger partial charge in [0, 0.05) is 24.3 Å². The number of carbonyl (C=O) groups excluding carboxylic acids is 1. The maximum absolute atomic E-state index is 12.1. The van der Waals surface area contributed by atoms with Gasteiger partial charge in [-0.25, -0.2) is 0 Å². The van der Waals surface area contributed by atoms with Gasteiger partial charge in [-0.3, -0.25) is 4.79 Å². The van der Waals surface area contributed by atoms with Crippen LogP contribution in [0.25, 0.3) is 0 Å². The minimum absolute atomic E-state index is 0.0595. The lowest BCUT2D eigenvalue weighted by molar-refractivity contribution is -0.122. The Balaban J connectivity index is 1.64. The second-order valence-electron chi connectivity index (χ2n) is 8.16. The van der Waals surface area contributed by atoms with Crippen molar-refractivity contribution in [2.24, 2.45) is 5.92 Å². The molecule has 26 heavy (non-hydrogen) atoms. The van der Waals surface area contributed by atoms with Crippen molar-refractivity contribution in [3.63, 3.8) is 0 Å². The van der Waals surface area contributed by atoms with Gasteiger partial charge in [-0.1, -0.05) is 18.7 Å². The molecule has 0 bridgehead atoms. The van der Waals surface area contributed by atoms with Crippen LogP contribution < -0.4 is 9.47 Å². The molecule has 0 spiro atoms. The largest absolute Gasteiger partial charge is 0.489 e. The Labute approximate surface area is 156 Å². The molecular formula is C22H29NO3. The van der Waals surface area contributed by atoms with Crippen molar-refractivity contribution in [3.8, 4) is 11.5 Å². The van der Waals surface area contributed by atoms with Crippen molar-refractivity contribution < 1.29 is 14.3 Å². The Morgan fingerprint density at radius 1 is 1.27 bits per heavy atom. The first-order chi connectivity index (χ1) is 12.6. The smallest absolute Gasteiger partial charge is 0.161 e. The summed E-state index contributed by atoms with van der Waals surface area (Å²) in [6.45, 7) is 6.05. The van der Waals surface area contributed by atoms with E-state index in [1.54, 1.807) is 6.08 Å². The lowest BCUT2D eigenvalue weighted by atomic mass is 9.66. The van der Waals surface area contributed by atoms with E-state index in [1.165, 1.54) is 18.4 Å². The fourth-order valence-corrected chi connectivity index (χ4v) is 4.61. The number of ether oxygens (including phenoxy) is 2. The van der Waals surface area contributed by atoms with E-state index in [2.05, 4.69) is 36.7 Å². The second-order valence-corrected chi connectivity index (χ2v) is 8.16. The van der Waals surface area contributed by atoms with E-state index in [9.17, 15) is 4.79 Å². The number of rotatable bonds is 7. The summed E-state index contributed by atoms with van der Waals surface area (Å²) >= 11 is 0. The molecule has 4 heteroatoms. The maximum atomic E-state index is 12.1. The molecular weight excluding hydrogens is 326 g/mol. The summed E-state index contributed by atoms with van der Waals surface area (Å²) in [5, 5.41) is 0. The van der Waals surface area contributed by atoms with E-state index in [0.29, 0.717) is 37.2 Å². The lowest BCUT2D eigenvalue weighted by Crippen LogP contribution is -2.46. The molecule has 3 fully saturated rings. The molecule has 4 nitrogen and oxygen atoms in total. The summed E-state index contributed by atoms with van der Waals surface area (Å²) < 4.78 is 12.0. The van der Waals surface area contributed by atoms with E-state index >= 15 is 0 Å². The number of hydrogen-bond donors (Lipinski definition) is 0. The van der Waals surface area contributed by atoms with Crippen LogP contribution in [0.2, 0.25) is 0 Å². The van der Waals surface area contributed by atoms with Gasteiger partial charge in [-0.2, -0.15) is 0 Å². The number of fused-ring (bicyclic) bond motifs is 1. The van der Waals surface area contributed by atoms with E-state index in [4.69, 9.17) is 9.47 Å². The molecule has 2 saturated carbocycles. The Morgan fingerprint density at radius 3 is 2.88 bits per heavy atom. The van der Waals surface area contributed by atoms with Crippen LogP contribution in [0.15, 0.2) is 30.9 Å². The summed E-state index contributed by atoms with van der Waals surface area (Å²) in [6.07, 6.45) is 7.69. The number of carbonyl (C=O) groups is 1. The third kappa shape index (κ3) is 3.27. The highest BCUT2D eigenvalue weighted by molar-refractivity contribution is 5.81. The Bertz CT molecular complexity index is 697. The van der Waals surface area contributed by atoms with Crippen LogP contribution >= 0.6 is 0 Å². The predicted molar refractivity (Wildman–Crippen MR) is 102 cm³/mol. The molecule has 1 aromatic carbocycles. The minimum atomic E-state index is 0.0595. The number of Topliss-reactive ketones (excluding diaryl/α,β-unsaturated/α-hetero) is 1. The van der Waals surface area contributed by atoms with Crippen molar-refractivity contribution in [3.05, 3.63) is 36.4 Å². The van der Waals surface area contributed by atoms with Crippen LogP contribution in [0.1, 0.15) is 44.1 Å². The summed E-state index contributed by atoms with van der Waals surface area (Å²) in [6, 6.07) is 6.73. The Morgan fingerprint density at radius 2 is 2.12 bits per heavy atom. The zero-order chi connectivity index (χ0) is 18.1. The second kappa shape index (κ2) is 7.07. The van der Waals surface area contributed by atoms with Gasteiger partial charge >= 0.3 is 0 Å². The fraction of sp³-hybridized carbons (Fsp3) is 0.591. The Hall–Kier alpha value is -1.81. The van der Waals surface area contributed by atoms with Gasteiger partial charge in [-0.15, -0.1) is 0 Å². The van der Waals surface area contributed by atoms with E-state index in [0.717, 1.165) is 37.5 Å². The molecule has 2 aliphatic carbocycles. The third-order valence-electron chi connectivity index (χ3n) is 6.40. The molecule has 0 aromatic heterocycles. The van der Waals surface area contributed by atoms with Crippen molar-refractivity contribution in [2.75, 3.05) is 26.8 Å². The standard InChI is InChI=1S/C22H29NO3/c1-3-12-25-20-13-17(6-7-19(20)26-15-16-4-5-16)22-9-8-18(24)14-21(22)23(2)11-10-22/h3,6-7,13,16,21H,1,4-5,8-12,14-15H2,2H3/t21-,22-/m0/s1. The third-order valence-corrected chi connectivity index (χ3v) is 6.40. The zero-order valence-corrected chi connectivity index (χ0v) is 15.7. The first-order valence-electron chi connectivity index (χ1n) is 9.85. The summed E-state index contributed by atoms with van der Waals surface area (Å²) in [5.74, 6) is 2.74. The first-order valence-corrected chi connectivity index (χ1v) is 9.85. The van der Waals surface area contributed by atoms with Crippen molar-refractivity contribution in [2.45, 2.75) is 50.0 Å². The fourth-order valence-electron chi connectivity index (χ4n) is 4.61. The van der Waals surface area contributed by atoms with Crippen LogP contribution in [0, 0.1) is 5.92 Å². The summed E-state index contributed by atoms with van der Waals surface area (Å²) in [7, 11) is 2.15. The zero-order valence-electron chi connectivity index (χ0n) is 15.7. The van der Waals surface area contributed by atoms with Gasteiger partial charge in [0.25, 0.3) is 0 Å². The molecule has 0 amide bonds. The molecule has 140 valence electrons. The molecule has 4 rings (SSSR count). The first kappa shape index (κ1) is 17.6. The highest BCUT2D eigenvalue weighted by Gasteiger charge is 2.50. The average molecular weight is 355 g/mol. The summed E-state index contributed by atoms with van der Waals surface area (Å²) in [4.78, 5) is 14.4. The van der Waals surface area contributed by atoms with Crippen LogP contribution in [0.3, 0.4) is 0 Å². The molecule has 3 aliphatic rings. The molecule has 0 unspecified atom stereocenters. The van der Waals surface area contributed by atoms with Crippen molar-refractivity contribution in [1.29, 1.82) is 0 Å². The molecule has 2 atom stereocenters. The number of nitrogens with zero attached hydrogens (tertiary/aromatic N) is 1. The van der Waals surface area contributed by atoms with Crippen LogP contribution in [0.4, 0.5) is 0 Å². The van der Waals surface area contributed by atoms with E-state index in [1.807, 2.05) is 0 Å². The molecule has 0 N–H and O–H groups in total. The van der Waals surface area contributed by atoms with E-state index in [-0.39, 0.29) is 5.41 Å². The van der Waals surface area contributed by atoms with Crippen LogP contribution in [0.5, 0.6) is 11.5 Å². The number of likely N-dealkylation sites (tertiary alicyclic amines) is 1. The normalized spacial score (nSPS) is 28.7. The van der Waals surface area contributed by atoms with Gasteiger partial charge in [0.2, 0.25) is 0 Å². The quantitative estimate of drug-likeness (QED) is 0.699. The predicted octanol–water partition coefficient (Wildman–Crippen LogP) is 3.74. The monoisotopic (exact) mass is 355 g/mol. The topological polar surface area (TPSA) is 38.8 Å². The van der Waals surface area contributed by atoms with Crippen molar-refractivity contribution in [1.82, 2.24) is 4.90 Å². The lowest BCUT2D eigenvalue weighted by Gasteiger charge is -2.41. The number of hydrogen-bond acceptors (Lipinski definition) is 4. The SMILES string of the molecule is C=CCOc1cc([C@@]23CCC(=O)C[C@@H]2N(C)CC3)ccc1OCC1CC1. The van der Waals surface area contributed by atoms with E-state index < -0.39 is 0 Å². The average Bonchev–Trinajstić information content (AvgIpc) is 3.43. The minimum Gasteiger partial charge on any atom is -0.489 e. The number of ketones is 1. The van der Waals surface area contributed by atoms with Gasteiger partial charge in [0.05, 0.1) is 6.61 Å².